The number of piperidine rings is 1. The van der Waals surface area contributed by atoms with Crippen molar-refractivity contribution in [3.05, 3.63) is 12.3 Å². The third kappa shape index (κ3) is 2.36. The fraction of sp³-hybridized carbons (Fsp3) is 0.600. The quantitative estimate of drug-likeness (QED) is 0.762. The lowest BCUT2D eigenvalue weighted by atomic mass is 10.1. The maximum Gasteiger partial charge on any atom is 0.228 e. The van der Waals surface area contributed by atoms with E-state index >= 15 is 0 Å². The van der Waals surface area contributed by atoms with Gasteiger partial charge in [-0.25, -0.2) is 4.98 Å². The Morgan fingerprint density at radius 1 is 1.47 bits per heavy atom. The molecule has 1 fully saturated rings. The number of hydrogen-bond donors (Lipinski definition) is 1. The predicted octanol–water partition coefficient (Wildman–Crippen LogP) is 0.413. The SMILES string of the molecule is COc1ccnc(N2CCC(N)CC2)n1. The highest BCUT2D eigenvalue weighted by molar-refractivity contribution is 5.32. The number of nitrogens with zero attached hydrogens (tertiary/aromatic N) is 3. The Labute approximate surface area is 89.3 Å². The van der Waals surface area contributed by atoms with Crippen molar-refractivity contribution < 1.29 is 4.74 Å². The Morgan fingerprint density at radius 2 is 2.20 bits per heavy atom. The summed E-state index contributed by atoms with van der Waals surface area (Å²) in [5.74, 6) is 1.34. The number of nitrogens with two attached hydrogens (primary N) is 1. The second-order valence-corrected chi connectivity index (χ2v) is 3.72. The van der Waals surface area contributed by atoms with Crippen LogP contribution in [0.5, 0.6) is 5.88 Å². The van der Waals surface area contributed by atoms with Gasteiger partial charge < -0.3 is 15.4 Å². The lowest BCUT2D eigenvalue weighted by Crippen LogP contribution is -2.40. The van der Waals surface area contributed by atoms with Crippen LogP contribution in [0.1, 0.15) is 12.8 Å². The smallest absolute Gasteiger partial charge is 0.228 e. The molecule has 15 heavy (non-hydrogen) atoms. The summed E-state index contributed by atoms with van der Waals surface area (Å²) in [5, 5.41) is 0. The van der Waals surface area contributed by atoms with E-state index in [0.29, 0.717) is 11.9 Å². The Morgan fingerprint density at radius 3 is 2.87 bits per heavy atom. The molecule has 2 rings (SSSR count). The maximum absolute atomic E-state index is 5.84. The zero-order valence-electron chi connectivity index (χ0n) is 8.89. The van der Waals surface area contributed by atoms with E-state index in [0.717, 1.165) is 31.9 Å². The van der Waals surface area contributed by atoms with E-state index in [1.165, 1.54) is 0 Å². The van der Waals surface area contributed by atoms with Gasteiger partial charge in [-0.2, -0.15) is 4.98 Å². The molecule has 0 bridgehead atoms. The van der Waals surface area contributed by atoms with Gasteiger partial charge in [0.25, 0.3) is 0 Å². The molecular weight excluding hydrogens is 192 g/mol. The Hall–Kier alpha value is -1.36. The minimum absolute atomic E-state index is 0.326. The van der Waals surface area contributed by atoms with E-state index in [1.54, 1.807) is 19.4 Å². The van der Waals surface area contributed by atoms with Gasteiger partial charge in [0.15, 0.2) is 0 Å². The highest BCUT2D eigenvalue weighted by Gasteiger charge is 2.18. The second-order valence-electron chi connectivity index (χ2n) is 3.72. The summed E-state index contributed by atoms with van der Waals surface area (Å²) in [6.45, 7) is 1.85. The van der Waals surface area contributed by atoms with Gasteiger partial charge in [0.1, 0.15) is 0 Å². The van der Waals surface area contributed by atoms with Crippen LogP contribution in [-0.4, -0.2) is 36.2 Å². The molecule has 1 aliphatic rings. The van der Waals surface area contributed by atoms with Gasteiger partial charge in [-0.05, 0) is 12.8 Å². The first kappa shape index (κ1) is 10.2. The van der Waals surface area contributed by atoms with Crippen molar-refractivity contribution >= 4 is 5.95 Å². The van der Waals surface area contributed by atoms with Gasteiger partial charge >= 0.3 is 0 Å². The number of ether oxygens (including phenoxy) is 1. The van der Waals surface area contributed by atoms with Crippen LogP contribution in [0.25, 0.3) is 0 Å². The lowest BCUT2D eigenvalue weighted by Gasteiger charge is -2.30. The van der Waals surface area contributed by atoms with Crippen molar-refractivity contribution in [1.29, 1.82) is 0 Å². The summed E-state index contributed by atoms with van der Waals surface area (Å²) < 4.78 is 5.06. The minimum atomic E-state index is 0.326. The molecule has 0 radical (unpaired) electrons. The van der Waals surface area contributed by atoms with E-state index in [-0.39, 0.29) is 0 Å². The molecule has 0 aliphatic carbocycles. The zero-order chi connectivity index (χ0) is 10.7. The summed E-state index contributed by atoms with van der Waals surface area (Å²) in [6, 6.07) is 2.07. The van der Waals surface area contributed by atoms with Crippen LogP contribution >= 0.6 is 0 Å². The Balaban J connectivity index is 2.08. The topological polar surface area (TPSA) is 64.3 Å². The number of hydrogen-bond acceptors (Lipinski definition) is 5. The first-order chi connectivity index (χ1) is 7.29. The number of anilines is 1. The van der Waals surface area contributed by atoms with Crippen LogP contribution < -0.4 is 15.4 Å². The molecule has 82 valence electrons. The highest BCUT2D eigenvalue weighted by atomic mass is 16.5. The van der Waals surface area contributed by atoms with Crippen molar-refractivity contribution in [2.24, 2.45) is 5.73 Å². The van der Waals surface area contributed by atoms with Gasteiger partial charge in [0.2, 0.25) is 11.8 Å². The van der Waals surface area contributed by atoms with Crippen LogP contribution in [0.3, 0.4) is 0 Å². The molecule has 0 amide bonds. The largest absolute Gasteiger partial charge is 0.481 e. The molecule has 1 aromatic heterocycles. The van der Waals surface area contributed by atoms with Gasteiger partial charge in [-0.3, -0.25) is 0 Å². The summed E-state index contributed by atoms with van der Waals surface area (Å²) in [7, 11) is 1.61. The summed E-state index contributed by atoms with van der Waals surface area (Å²) in [6.07, 6.45) is 3.72. The molecule has 0 unspecified atom stereocenters. The standard InChI is InChI=1S/C10H16N4O/c1-15-9-2-5-12-10(13-9)14-6-3-8(11)4-7-14/h2,5,8H,3-4,6-7,11H2,1H3. The average molecular weight is 208 g/mol. The molecule has 0 atom stereocenters. The van der Waals surface area contributed by atoms with E-state index in [4.69, 9.17) is 10.5 Å². The predicted molar refractivity (Wildman–Crippen MR) is 58.0 cm³/mol. The first-order valence-electron chi connectivity index (χ1n) is 5.17. The highest BCUT2D eigenvalue weighted by Crippen LogP contribution is 2.16. The van der Waals surface area contributed by atoms with Gasteiger partial charge in [-0.1, -0.05) is 0 Å². The fourth-order valence-corrected chi connectivity index (χ4v) is 1.70. The van der Waals surface area contributed by atoms with Gasteiger partial charge in [0, 0.05) is 31.4 Å². The minimum Gasteiger partial charge on any atom is -0.481 e. The van der Waals surface area contributed by atoms with Crippen molar-refractivity contribution in [2.45, 2.75) is 18.9 Å². The van der Waals surface area contributed by atoms with Gasteiger partial charge in [-0.15, -0.1) is 0 Å². The van der Waals surface area contributed by atoms with E-state index in [2.05, 4.69) is 14.9 Å². The van der Waals surface area contributed by atoms with Crippen LogP contribution in [0.4, 0.5) is 5.95 Å². The second kappa shape index (κ2) is 4.44. The van der Waals surface area contributed by atoms with Gasteiger partial charge in [0.05, 0.1) is 7.11 Å². The summed E-state index contributed by atoms with van der Waals surface area (Å²) >= 11 is 0. The van der Waals surface area contributed by atoms with Crippen molar-refractivity contribution in [3.8, 4) is 5.88 Å². The lowest BCUT2D eigenvalue weighted by molar-refractivity contribution is 0.395. The molecule has 1 aromatic rings. The van der Waals surface area contributed by atoms with Crippen LogP contribution in [0.2, 0.25) is 0 Å². The number of rotatable bonds is 2. The van der Waals surface area contributed by atoms with Crippen molar-refractivity contribution in [1.82, 2.24) is 9.97 Å². The van der Waals surface area contributed by atoms with Crippen molar-refractivity contribution in [3.63, 3.8) is 0 Å². The van der Waals surface area contributed by atoms with E-state index in [9.17, 15) is 0 Å². The normalized spacial score (nSPS) is 17.9. The molecular formula is C10H16N4O. The Kier molecular flexibility index (Phi) is 3.01. The van der Waals surface area contributed by atoms with Crippen LogP contribution in [0.15, 0.2) is 12.3 Å². The zero-order valence-corrected chi connectivity index (χ0v) is 8.89. The molecule has 1 aliphatic heterocycles. The number of aromatic nitrogens is 2. The molecule has 2 heterocycles. The molecule has 5 nitrogen and oxygen atoms in total. The van der Waals surface area contributed by atoms with E-state index in [1.807, 2.05) is 0 Å². The monoisotopic (exact) mass is 208 g/mol. The molecule has 0 saturated carbocycles. The summed E-state index contributed by atoms with van der Waals surface area (Å²) in [4.78, 5) is 10.7. The van der Waals surface area contributed by atoms with E-state index < -0.39 is 0 Å². The van der Waals surface area contributed by atoms with Crippen LogP contribution in [0, 0.1) is 0 Å². The Bertz CT molecular complexity index is 323. The molecule has 2 N–H and O–H groups in total. The third-order valence-electron chi connectivity index (χ3n) is 2.65. The molecule has 1 saturated heterocycles. The summed E-state index contributed by atoms with van der Waals surface area (Å²) in [5.41, 5.74) is 5.84. The number of methoxy groups -OCH3 is 1. The van der Waals surface area contributed by atoms with Crippen molar-refractivity contribution in [2.75, 3.05) is 25.1 Å². The molecule has 0 spiro atoms. The average Bonchev–Trinajstić information content (AvgIpc) is 2.30. The molecule has 0 aromatic carbocycles. The first-order valence-corrected chi connectivity index (χ1v) is 5.17. The fourth-order valence-electron chi connectivity index (χ4n) is 1.70. The van der Waals surface area contributed by atoms with Crippen LogP contribution in [-0.2, 0) is 0 Å². The molecule has 5 heteroatoms. The maximum atomic E-state index is 5.84. The third-order valence-corrected chi connectivity index (χ3v) is 2.65.